The summed E-state index contributed by atoms with van der Waals surface area (Å²) >= 11 is 0. The van der Waals surface area contributed by atoms with E-state index < -0.39 is 0 Å². The molecule has 1 aromatic heterocycles. The lowest BCUT2D eigenvalue weighted by atomic mass is 10.1. The third-order valence-corrected chi connectivity index (χ3v) is 5.02. The molecule has 0 aliphatic heterocycles. The van der Waals surface area contributed by atoms with Crippen LogP contribution >= 0.6 is 0 Å². The highest BCUT2D eigenvalue weighted by Crippen LogP contribution is 2.31. The average Bonchev–Trinajstić information content (AvgIpc) is 3.35. The summed E-state index contributed by atoms with van der Waals surface area (Å²) in [5.74, 6) is 1.86. The van der Waals surface area contributed by atoms with Gasteiger partial charge in [0.2, 0.25) is 11.7 Å². The Morgan fingerprint density at radius 1 is 0.939 bits per heavy atom. The van der Waals surface area contributed by atoms with Crippen LogP contribution < -0.4 is 20.1 Å². The SMILES string of the molecule is COc1ccc(-c2noc(CNc3ccccc3C(=O)NCc3ccccc3)n2)c(OC)c1. The number of ether oxygens (including phenoxy) is 2. The number of hydrogen-bond acceptors (Lipinski definition) is 7. The Hall–Kier alpha value is -4.33. The summed E-state index contributed by atoms with van der Waals surface area (Å²) in [4.78, 5) is 17.2. The van der Waals surface area contributed by atoms with Crippen molar-refractivity contribution in [1.29, 1.82) is 0 Å². The van der Waals surface area contributed by atoms with Crippen molar-refractivity contribution in [2.24, 2.45) is 0 Å². The maximum absolute atomic E-state index is 12.7. The first kappa shape index (κ1) is 21.9. The van der Waals surface area contributed by atoms with E-state index in [0.717, 1.165) is 5.56 Å². The Balaban J connectivity index is 1.43. The number of rotatable bonds is 9. The van der Waals surface area contributed by atoms with E-state index in [1.807, 2.05) is 54.6 Å². The Kier molecular flexibility index (Phi) is 6.84. The van der Waals surface area contributed by atoms with Crippen LogP contribution in [0.15, 0.2) is 77.3 Å². The zero-order valence-electron chi connectivity index (χ0n) is 18.4. The Bertz CT molecular complexity index is 1220. The van der Waals surface area contributed by atoms with Gasteiger partial charge in [-0.05, 0) is 29.8 Å². The number of carbonyl (C=O) groups excluding carboxylic acids is 1. The average molecular weight is 444 g/mol. The van der Waals surface area contributed by atoms with Gasteiger partial charge in [-0.1, -0.05) is 47.6 Å². The second-order valence-corrected chi connectivity index (χ2v) is 7.15. The molecule has 168 valence electrons. The van der Waals surface area contributed by atoms with Gasteiger partial charge in [0.25, 0.3) is 5.91 Å². The molecule has 0 bridgehead atoms. The molecule has 33 heavy (non-hydrogen) atoms. The fraction of sp³-hybridized carbons (Fsp3) is 0.160. The van der Waals surface area contributed by atoms with Crippen LogP contribution in [0, 0.1) is 0 Å². The third-order valence-electron chi connectivity index (χ3n) is 5.02. The van der Waals surface area contributed by atoms with Crippen molar-refractivity contribution in [3.8, 4) is 22.9 Å². The number of para-hydroxylation sites is 1. The molecule has 0 saturated heterocycles. The number of benzene rings is 3. The maximum Gasteiger partial charge on any atom is 0.253 e. The van der Waals surface area contributed by atoms with Crippen LogP contribution in [0.5, 0.6) is 11.5 Å². The van der Waals surface area contributed by atoms with E-state index in [1.54, 1.807) is 32.4 Å². The van der Waals surface area contributed by atoms with Gasteiger partial charge in [-0.3, -0.25) is 4.79 Å². The molecule has 8 nitrogen and oxygen atoms in total. The summed E-state index contributed by atoms with van der Waals surface area (Å²) in [6.45, 7) is 0.708. The van der Waals surface area contributed by atoms with E-state index in [0.29, 0.717) is 46.6 Å². The van der Waals surface area contributed by atoms with Crippen molar-refractivity contribution in [2.75, 3.05) is 19.5 Å². The van der Waals surface area contributed by atoms with Gasteiger partial charge in [-0.15, -0.1) is 0 Å². The highest BCUT2D eigenvalue weighted by molar-refractivity contribution is 5.99. The molecule has 0 aliphatic carbocycles. The first-order valence-electron chi connectivity index (χ1n) is 10.4. The monoisotopic (exact) mass is 444 g/mol. The summed E-state index contributed by atoms with van der Waals surface area (Å²) < 4.78 is 16.0. The molecule has 0 saturated carbocycles. The summed E-state index contributed by atoms with van der Waals surface area (Å²) in [5.41, 5.74) is 2.92. The standard InChI is InChI=1S/C25H24N4O4/c1-31-18-12-13-20(22(14-18)32-2)24-28-23(33-29-24)16-26-21-11-7-6-10-19(21)25(30)27-15-17-8-4-3-5-9-17/h3-14,26H,15-16H2,1-2H3,(H,27,30). The van der Waals surface area contributed by atoms with Gasteiger partial charge in [0.1, 0.15) is 11.5 Å². The van der Waals surface area contributed by atoms with Gasteiger partial charge in [-0.25, -0.2) is 0 Å². The van der Waals surface area contributed by atoms with Crippen molar-refractivity contribution >= 4 is 11.6 Å². The highest BCUT2D eigenvalue weighted by atomic mass is 16.5. The van der Waals surface area contributed by atoms with Crippen molar-refractivity contribution in [3.63, 3.8) is 0 Å². The maximum atomic E-state index is 12.7. The molecule has 2 N–H and O–H groups in total. The molecule has 8 heteroatoms. The number of nitrogens with one attached hydrogen (secondary N) is 2. The van der Waals surface area contributed by atoms with Crippen LogP contribution in [0.2, 0.25) is 0 Å². The Labute approximate surface area is 191 Å². The first-order chi connectivity index (χ1) is 16.2. The number of nitrogens with zero attached hydrogens (tertiary/aromatic N) is 2. The molecule has 0 atom stereocenters. The van der Waals surface area contributed by atoms with Crippen LogP contribution in [-0.4, -0.2) is 30.3 Å². The topological polar surface area (TPSA) is 98.5 Å². The van der Waals surface area contributed by atoms with Crippen molar-refractivity contribution in [1.82, 2.24) is 15.5 Å². The van der Waals surface area contributed by atoms with Crippen LogP contribution in [0.3, 0.4) is 0 Å². The largest absolute Gasteiger partial charge is 0.497 e. The molecule has 0 unspecified atom stereocenters. The van der Waals surface area contributed by atoms with Crippen molar-refractivity contribution < 1.29 is 18.8 Å². The normalized spacial score (nSPS) is 10.5. The lowest BCUT2D eigenvalue weighted by molar-refractivity contribution is 0.0951. The zero-order chi connectivity index (χ0) is 23.0. The van der Waals surface area contributed by atoms with E-state index in [1.165, 1.54) is 0 Å². The van der Waals surface area contributed by atoms with E-state index in [2.05, 4.69) is 20.8 Å². The molecule has 1 heterocycles. The minimum absolute atomic E-state index is 0.170. The van der Waals surface area contributed by atoms with Crippen LogP contribution in [0.4, 0.5) is 5.69 Å². The minimum atomic E-state index is -0.170. The predicted octanol–water partition coefficient (Wildman–Crippen LogP) is 4.30. The number of anilines is 1. The zero-order valence-corrected chi connectivity index (χ0v) is 18.4. The van der Waals surface area contributed by atoms with Gasteiger partial charge in [0.05, 0.1) is 31.9 Å². The van der Waals surface area contributed by atoms with Gasteiger partial charge < -0.3 is 24.6 Å². The summed E-state index contributed by atoms with van der Waals surface area (Å²) in [5, 5.41) is 10.2. The third kappa shape index (κ3) is 5.30. The van der Waals surface area contributed by atoms with E-state index in [4.69, 9.17) is 14.0 Å². The fourth-order valence-corrected chi connectivity index (χ4v) is 3.30. The number of aromatic nitrogens is 2. The lowest BCUT2D eigenvalue weighted by Gasteiger charge is -2.11. The molecule has 3 aromatic carbocycles. The molecular formula is C25H24N4O4. The van der Waals surface area contributed by atoms with Gasteiger partial charge in [0, 0.05) is 18.3 Å². The highest BCUT2D eigenvalue weighted by Gasteiger charge is 2.16. The fourth-order valence-electron chi connectivity index (χ4n) is 3.30. The van der Waals surface area contributed by atoms with Gasteiger partial charge >= 0.3 is 0 Å². The first-order valence-corrected chi connectivity index (χ1v) is 10.4. The van der Waals surface area contributed by atoms with Crippen molar-refractivity contribution in [3.05, 3.63) is 89.8 Å². The van der Waals surface area contributed by atoms with Crippen LogP contribution in [0.25, 0.3) is 11.4 Å². The molecule has 1 amide bonds. The second kappa shape index (κ2) is 10.3. The molecular weight excluding hydrogens is 420 g/mol. The number of hydrogen-bond donors (Lipinski definition) is 2. The smallest absolute Gasteiger partial charge is 0.253 e. The quantitative estimate of drug-likeness (QED) is 0.397. The van der Waals surface area contributed by atoms with Crippen LogP contribution in [0.1, 0.15) is 21.8 Å². The number of amides is 1. The summed E-state index contributed by atoms with van der Waals surface area (Å²) in [7, 11) is 3.16. The van der Waals surface area contributed by atoms with E-state index >= 15 is 0 Å². The molecule has 0 radical (unpaired) electrons. The van der Waals surface area contributed by atoms with E-state index in [9.17, 15) is 4.79 Å². The second-order valence-electron chi connectivity index (χ2n) is 7.15. The van der Waals surface area contributed by atoms with Gasteiger partial charge in [0.15, 0.2) is 0 Å². The van der Waals surface area contributed by atoms with Crippen LogP contribution in [-0.2, 0) is 13.1 Å². The number of methoxy groups -OCH3 is 2. The van der Waals surface area contributed by atoms with Crippen molar-refractivity contribution in [2.45, 2.75) is 13.1 Å². The molecule has 4 rings (SSSR count). The number of carbonyl (C=O) groups is 1. The Morgan fingerprint density at radius 3 is 2.52 bits per heavy atom. The summed E-state index contributed by atoms with van der Waals surface area (Å²) in [6.07, 6.45) is 0. The van der Waals surface area contributed by atoms with Gasteiger partial charge in [-0.2, -0.15) is 4.98 Å². The summed E-state index contributed by atoms with van der Waals surface area (Å²) in [6, 6.07) is 22.4. The lowest BCUT2D eigenvalue weighted by Crippen LogP contribution is -2.23. The predicted molar refractivity (Wildman–Crippen MR) is 124 cm³/mol. The Morgan fingerprint density at radius 2 is 1.73 bits per heavy atom. The molecule has 0 aliphatic rings. The molecule has 4 aromatic rings. The molecule has 0 fully saturated rings. The molecule has 0 spiro atoms. The minimum Gasteiger partial charge on any atom is -0.497 e. The van der Waals surface area contributed by atoms with E-state index in [-0.39, 0.29) is 12.5 Å².